The van der Waals surface area contributed by atoms with Crippen LogP contribution < -0.4 is 5.32 Å². The highest BCUT2D eigenvalue weighted by Crippen LogP contribution is 2.30. The number of nitrogens with one attached hydrogen (secondary N) is 1. The summed E-state index contributed by atoms with van der Waals surface area (Å²) < 4.78 is 32.2. The number of amides is 2. The summed E-state index contributed by atoms with van der Waals surface area (Å²) in [7, 11) is 0. The first-order chi connectivity index (χ1) is 11.4. The molecular weight excluding hydrogens is 338 g/mol. The van der Waals surface area contributed by atoms with Crippen molar-refractivity contribution in [2.24, 2.45) is 4.99 Å². The van der Waals surface area contributed by atoms with E-state index in [4.69, 9.17) is 4.42 Å². The Balaban J connectivity index is 1.82. The fraction of sp³-hybridized carbons (Fsp3) is 0.0625. The molecule has 0 saturated carbocycles. The molecule has 2 aromatic rings. The molecule has 1 aromatic carbocycles. The van der Waals surface area contributed by atoms with Crippen LogP contribution in [0.3, 0.4) is 0 Å². The van der Waals surface area contributed by atoms with Gasteiger partial charge < -0.3 is 9.73 Å². The fourth-order valence-corrected chi connectivity index (χ4v) is 2.85. The lowest BCUT2D eigenvalue weighted by Crippen LogP contribution is -2.23. The third-order valence-electron chi connectivity index (χ3n) is 3.00. The largest absolute Gasteiger partial charge is 0.457 e. The molecule has 1 aliphatic rings. The van der Waals surface area contributed by atoms with Gasteiger partial charge >= 0.3 is 0 Å². The summed E-state index contributed by atoms with van der Waals surface area (Å²) in [6.07, 6.45) is 1.44. The number of nitrogens with zero attached hydrogens (tertiary/aromatic N) is 1. The molecule has 0 aliphatic carbocycles. The summed E-state index contributed by atoms with van der Waals surface area (Å²) in [6.45, 7) is 1.31. The lowest BCUT2D eigenvalue weighted by Gasteiger charge is -1.99. The van der Waals surface area contributed by atoms with Gasteiger partial charge in [0.25, 0.3) is 5.91 Å². The molecule has 0 bridgehead atoms. The Kier molecular flexibility index (Phi) is 4.30. The number of halogens is 2. The molecule has 0 fully saturated rings. The predicted octanol–water partition coefficient (Wildman–Crippen LogP) is 3.33. The van der Waals surface area contributed by atoms with Gasteiger partial charge in [0.15, 0.2) is 5.17 Å². The number of benzene rings is 1. The van der Waals surface area contributed by atoms with E-state index in [1.807, 2.05) is 0 Å². The first-order valence-corrected chi connectivity index (χ1v) is 7.59. The van der Waals surface area contributed by atoms with E-state index in [0.717, 1.165) is 23.9 Å². The van der Waals surface area contributed by atoms with E-state index in [1.54, 1.807) is 6.07 Å². The van der Waals surface area contributed by atoms with Crippen molar-refractivity contribution >= 4 is 34.8 Å². The number of hydrogen-bond acceptors (Lipinski definition) is 4. The zero-order valence-corrected chi connectivity index (χ0v) is 13.1. The van der Waals surface area contributed by atoms with E-state index in [0.29, 0.717) is 5.76 Å². The SMILES string of the molecule is CC(=O)NC1=NC(=O)/C(=C\c2ccc(-c3ccc(F)cc3F)o2)S1. The number of thioether (sulfide) groups is 1. The van der Waals surface area contributed by atoms with Crippen LogP contribution in [0.5, 0.6) is 0 Å². The van der Waals surface area contributed by atoms with Crippen LogP contribution in [0.4, 0.5) is 8.78 Å². The van der Waals surface area contributed by atoms with Crippen LogP contribution in [-0.4, -0.2) is 17.0 Å². The second-order valence-electron chi connectivity index (χ2n) is 4.84. The van der Waals surface area contributed by atoms with Gasteiger partial charge in [-0.3, -0.25) is 9.59 Å². The topological polar surface area (TPSA) is 71.7 Å². The van der Waals surface area contributed by atoms with Crippen molar-refractivity contribution in [3.63, 3.8) is 0 Å². The first kappa shape index (κ1) is 16.1. The molecule has 0 unspecified atom stereocenters. The van der Waals surface area contributed by atoms with Gasteiger partial charge in [-0.2, -0.15) is 4.99 Å². The van der Waals surface area contributed by atoms with E-state index < -0.39 is 17.5 Å². The average Bonchev–Trinajstić information content (AvgIpc) is 3.06. The minimum absolute atomic E-state index is 0.113. The van der Waals surface area contributed by atoms with E-state index in [1.165, 1.54) is 25.1 Å². The molecule has 2 amide bonds. The van der Waals surface area contributed by atoms with Crippen molar-refractivity contribution in [3.05, 3.63) is 52.6 Å². The van der Waals surface area contributed by atoms with Gasteiger partial charge in [0, 0.05) is 19.1 Å². The highest BCUT2D eigenvalue weighted by Gasteiger charge is 2.23. The van der Waals surface area contributed by atoms with Crippen LogP contribution in [-0.2, 0) is 9.59 Å². The van der Waals surface area contributed by atoms with Crippen molar-refractivity contribution in [1.29, 1.82) is 0 Å². The van der Waals surface area contributed by atoms with Gasteiger partial charge in [0.1, 0.15) is 23.2 Å². The van der Waals surface area contributed by atoms with Crippen LogP contribution in [0, 0.1) is 11.6 Å². The van der Waals surface area contributed by atoms with Crippen LogP contribution in [0.25, 0.3) is 17.4 Å². The quantitative estimate of drug-likeness (QED) is 0.845. The summed E-state index contributed by atoms with van der Waals surface area (Å²) in [5.41, 5.74) is 0.113. The first-order valence-electron chi connectivity index (χ1n) is 6.78. The van der Waals surface area contributed by atoms with Crippen molar-refractivity contribution in [1.82, 2.24) is 5.32 Å². The number of hydrogen-bond donors (Lipinski definition) is 1. The lowest BCUT2D eigenvalue weighted by atomic mass is 10.1. The third-order valence-corrected chi connectivity index (χ3v) is 3.90. The van der Waals surface area contributed by atoms with Gasteiger partial charge in [-0.05, 0) is 36.0 Å². The van der Waals surface area contributed by atoms with Crippen LogP contribution >= 0.6 is 11.8 Å². The zero-order chi connectivity index (χ0) is 17.3. The monoisotopic (exact) mass is 348 g/mol. The Bertz CT molecular complexity index is 902. The minimum atomic E-state index is -0.744. The van der Waals surface area contributed by atoms with E-state index in [9.17, 15) is 18.4 Å². The second kappa shape index (κ2) is 6.40. The highest BCUT2D eigenvalue weighted by atomic mass is 32.2. The van der Waals surface area contributed by atoms with E-state index >= 15 is 0 Å². The standard InChI is InChI=1S/C16H10F2N2O3S/c1-8(21)19-16-20-15(22)14(24-16)7-10-3-5-13(23-10)11-4-2-9(17)6-12(11)18/h2-7H,1H3,(H,19,20,21,22)/b14-7+. The Morgan fingerprint density at radius 1 is 1.29 bits per heavy atom. The Morgan fingerprint density at radius 3 is 2.79 bits per heavy atom. The van der Waals surface area contributed by atoms with Crippen molar-refractivity contribution in [3.8, 4) is 11.3 Å². The molecule has 122 valence electrons. The van der Waals surface area contributed by atoms with Crippen LogP contribution in [0.1, 0.15) is 12.7 Å². The number of amidine groups is 1. The Hall–Kier alpha value is -2.74. The predicted molar refractivity (Wildman–Crippen MR) is 85.9 cm³/mol. The zero-order valence-electron chi connectivity index (χ0n) is 12.3. The molecule has 0 saturated heterocycles. The average molecular weight is 348 g/mol. The second-order valence-corrected chi connectivity index (χ2v) is 5.87. The van der Waals surface area contributed by atoms with Crippen LogP contribution in [0.2, 0.25) is 0 Å². The fourth-order valence-electron chi connectivity index (χ4n) is 2.01. The summed E-state index contributed by atoms with van der Waals surface area (Å²) in [5.74, 6) is -1.74. The highest BCUT2D eigenvalue weighted by molar-refractivity contribution is 8.18. The smallest absolute Gasteiger partial charge is 0.286 e. The Labute approximate surface area is 139 Å². The summed E-state index contributed by atoms with van der Waals surface area (Å²) in [4.78, 5) is 26.7. The van der Waals surface area contributed by atoms with Crippen molar-refractivity contribution in [2.45, 2.75) is 6.92 Å². The lowest BCUT2D eigenvalue weighted by molar-refractivity contribution is -0.117. The maximum absolute atomic E-state index is 13.8. The molecule has 24 heavy (non-hydrogen) atoms. The minimum Gasteiger partial charge on any atom is -0.457 e. The molecule has 3 rings (SSSR count). The number of carbonyl (C=O) groups is 2. The maximum atomic E-state index is 13.8. The Morgan fingerprint density at radius 2 is 2.08 bits per heavy atom. The normalized spacial score (nSPS) is 15.7. The van der Waals surface area contributed by atoms with Crippen molar-refractivity contribution in [2.75, 3.05) is 0 Å². The molecule has 1 aliphatic heterocycles. The molecule has 2 heterocycles. The summed E-state index contributed by atoms with van der Waals surface area (Å²) >= 11 is 0.998. The third kappa shape index (κ3) is 3.43. The van der Waals surface area contributed by atoms with Gasteiger partial charge in [0.2, 0.25) is 5.91 Å². The molecule has 1 aromatic heterocycles. The number of furan rings is 1. The molecule has 5 nitrogen and oxygen atoms in total. The van der Waals surface area contributed by atoms with E-state index in [-0.39, 0.29) is 27.3 Å². The summed E-state index contributed by atoms with van der Waals surface area (Å²) in [6, 6.07) is 6.23. The molecule has 0 radical (unpaired) electrons. The van der Waals surface area contributed by atoms with Crippen molar-refractivity contribution < 1.29 is 22.8 Å². The van der Waals surface area contributed by atoms with E-state index in [2.05, 4.69) is 10.3 Å². The maximum Gasteiger partial charge on any atom is 0.286 e. The van der Waals surface area contributed by atoms with Gasteiger partial charge in [-0.25, -0.2) is 8.78 Å². The van der Waals surface area contributed by atoms with Gasteiger partial charge in [0.05, 0.1) is 10.5 Å². The number of carbonyl (C=O) groups excluding carboxylic acids is 2. The molecule has 1 N–H and O–H groups in total. The molecular formula is C16H10F2N2O3S. The van der Waals surface area contributed by atoms with Crippen LogP contribution in [0.15, 0.2) is 44.6 Å². The van der Waals surface area contributed by atoms with Gasteiger partial charge in [-0.1, -0.05) is 0 Å². The number of aliphatic imine (C=N–C) groups is 1. The van der Waals surface area contributed by atoms with Gasteiger partial charge in [-0.15, -0.1) is 0 Å². The number of rotatable bonds is 2. The molecule has 8 heteroatoms. The molecule has 0 spiro atoms. The summed E-state index contributed by atoms with van der Waals surface area (Å²) in [5, 5.41) is 2.62. The molecule has 0 atom stereocenters.